The standard InChI is InChI=1S/C24H23N3OS/c1-3-18-10-11-21-22(13-18)29-24(26-21)27(16-20-5-4-12-25-15-20)23(28)14-19-8-6-17(2)7-9-19/h4-13,15H,3,14,16H2,1-2H3. The lowest BCUT2D eigenvalue weighted by Crippen LogP contribution is -2.31. The predicted molar refractivity (Wildman–Crippen MR) is 119 cm³/mol. The molecule has 4 nitrogen and oxygen atoms in total. The third kappa shape index (κ3) is 4.51. The number of anilines is 1. The third-order valence-electron chi connectivity index (χ3n) is 4.92. The first-order valence-corrected chi connectivity index (χ1v) is 10.6. The van der Waals surface area contributed by atoms with Crippen LogP contribution in [0.25, 0.3) is 10.2 Å². The zero-order valence-corrected chi connectivity index (χ0v) is 17.4. The van der Waals surface area contributed by atoms with E-state index < -0.39 is 0 Å². The number of rotatable bonds is 6. The van der Waals surface area contributed by atoms with Crippen LogP contribution in [0, 0.1) is 6.92 Å². The van der Waals surface area contributed by atoms with E-state index in [0.29, 0.717) is 13.0 Å². The van der Waals surface area contributed by atoms with E-state index in [0.717, 1.165) is 32.9 Å². The summed E-state index contributed by atoms with van der Waals surface area (Å²) in [5, 5.41) is 0.731. The monoisotopic (exact) mass is 401 g/mol. The van der Waals surface area contributed by atoms with E-state index in [2.05, 4.69) is 24.0 Å². The van der Waals surface area contributed by atoms with E-state index in [9.17, 15) is 4.79 Å². The van der Waals surface area contributed by atoms with Crippen molar-refractivity contribution in [3.05, 3.63) is 89.2 Å². The van der Waals surface area contributed by atoms with Crippen LogP contribution < -0.4 is 4.90 Å². The molecule has 4 rings (SSSR count). The van der Waals surface area contributed by atoms with Gasteiger partial charge < -0.3 is 0 Å². The Labute approximate surface area is 174 Å². The van der Waals surface area contributed by atoms with Crippen molar-refractivity contribution in [1.29, 1.82) is 0 Å². The number of pyridine rings is 1. The number of carbonyl (C=O) groups excluding carboxylic acids is 1. The van der Waals surface area contributed by atoms with Crippen molar-refractivity contribution in [2.45, 2.75) is 33.2 Å². The van der Waals surface area contributed by atoms with Gasteiger partial charge >= 0.3 is 0 Å². The van der Waals surface area contributed by atoms with Crippen LogP contribution in [-0.4, -0.2) is 15.9 Å². The Hall–Kier alpha value is -3.05. The first-order chi connectivity index (χ1) is 14.1. The number of nitrogens with zero attached hydrogens (tertiary/aromatic N) is 3. The largest absolute Gasteiger partial charge is 0.283 e. The van der Waals surface area contributed by atoms with E-state index >= 15 is 0 Å². The molecule has 0 aliphatic carbocycles. The fourth-order valence-corrected chi connectivity index (χ4v) is 4.25. The number of fused-ring (bicyclic) bond motifs is 1. The van der Waals surface area contributed by atoms with Gasteiger partial charge in [-0.1, -0.05) is 60.2 Å². The molecule has 2 heterocycles. The van der Waals surface area contributed by atoms with Gasteiger partial charge in [-0.15, -0.1) is 0 Å². The number of aryl methyl sites for hydroxylation is 2. The van der Waals surface area contributed by atoms with Crippen LogP contribution in [0.2, 0.25) is 0 Å². The first kappa shape index (κ1) is 19.3. The quantitative estimate of drug-likeness (QED) is 0.438. The summed E-state index contributed by atoms with van der Waals surface area (Å²) in [6.45, 7) is 4.65. The summed E-state index contributed by atoms with van der Waals surface area (Å²) in [5.41, 5.74) is 5.38. The Morgan fingerprint density at radius 1 is 1.03 bits per heavy atom. The summed E-state index contributed by atoms with van der Waals surface area (Å²) in [6.07, 6.45) is 4.87. The molecule has 0 spiro atoms. The number of amides is 1. The summed E-state index contributed by atoms with van der Waals surface area (Å²) < 4.78 is 1.11. The van der Waals surface area contributed by atoms with Crippen LogP contribution in [0.5, 0.6) is 0 Å². The Morgan fingerprint density at radius 2 is 1.83 bits per heavy atom. The molecule has 0 radical (unpaired) electrons. The molecule has 0 fully saturated rings. The molecule has 2 aromatic heterocycles. The lowest BCUT2D eigenvalue weighted by molar-refractivity contribution is -0.118. The molecule has 1 amide bonds. The molecule has 0 bridgehead atoms. The fourth-order valence-electron chi connectivity index (χ4n) is 3.20. The van der Waals surface area contributed by atoms with Crippen LogP contribution in [0.1, 0.15) is 29.2 Å². The highest BCUT2D eigenvalue weighted by molar-refractivity contribution is 7.22. The molecule has 0 aliphatic rings. The second-order valence-electron chi connectivity index (χ2n) is 7.16. The van der Waals surface area contributed by atoms with Crippen LogP contribution in [-0.2, 0) is 24.2 Å². The second kappa shape index (κ2) is 8.53. The smallest absolute Gasteiger partial charge is 0.233 e. The zero-order chi connectivity index (χ0) is 20.2. The molecule has 0 unspecified atom stereocenters. The SMILES string of the molecule is CCc1ccc2nc(N(Cc3cccnc3)C(=O)Cc3ccc(C)cc3)sc2c1. The molecular formula is C24H23N3OS. The number of carbonyl (C=O) groups is 1. The minimum Gasteiger partial charge on any atom is -0.283 e. The zero-order valence-electron chi connectivity index (χ0n) is 16.6. The van der Waals surface area contributed by atoms with Crippen LogP contribution in [0.15, 0.2) is 67.0 Å². The van der Waals surface area contributed by atoms with Crippen molar-refractivity contribution in [3.8, 4) is 0 Å². The van der Waals surface area contributed by atoms with E-state index in [1.54, 1.807) is 28.6 Å². The van der Waals surface area contributed by atoms with Gasteiger partial charge in [0.1, 0.15) is 0 Å². The maximum atomic E-state index is 13.3. The molecule has 0 N–H and O–H groups in total. The highest BCUT2D eigenvalue weighted by atomic mass is 32.1. The number of aromatic nitrogens is 2. The van der Waals surface area contributed by atoms with Gasteiger partial charge in [-0.3, -0.25) is 14.7 Å². The average Bonchev–Trinajstić information content (AvgIpc) is 3.17. The summed E-state index contributed by atoms with van der Waals surface area (Å²) in [6, 6.07) is 18.3. The molecule has 0 saturated carbocycles. The summed E-state index contributed by atoms with van der Waals surface area (Å²) in [7, 11) is 0. The second-order valence-corrected chi connectivity index (χ2v) is 8.16. The van der Waals surface area contributed by atoms with Gasteiger partial charge in [0.15, 0.2) is 5.13 Å². The summed E-state index contributed by atoms with van der Waals surface area (Å²) in [4.78, 5) is 24.0. The number of hydrogen-bond acceptors (Lipinski definition) is 4. The minimum atomic E-state index is 0.0347. The van der Waals surface area contributed by atoms with Gasteiger partial charge in [-0.05, 0) is 48.2 Å². The Morgan fingerprint density at radius 3 is 2.55 bits per heavy atom. The van der Waals surface area contributed by atoms with Crippen LogP contribution in [0.4, 0.5) is 5.13 Å². The maximum absolute atomic E-state index is 13.3. The van der Waals surface area contributed by atoms with E-state index in [4.69, 9.17) is 4.98 Å². The Kier molecular flexibility index (Phi) is 5.67. The maximum Gasteiger partial charge on any atom is 0.233 e. The van der Waals surface area contributed by atoms with Gasteiger partial charge in [0.05, 0.1) is 23.2 Å². The van der Waals surface area contributed by atoms with Crippen LogP contribution in [0.3, 0.4) is 0 Å². The van der Waals surface area contributed by atoms with E-state index in [1.165, 1.54) is 11.1 Å². The van der Waals surface area contributed by atoms with Crippen molar-refractivity contribution in [3.63, 3.8) is 0 Å². The van der Waals surface area contributed by atoms with Gasteiger partial charge in [0, 0.05) is 12.4 Å². The number of benzene rings is 2. The number of hydrogen-bond donors (Lipinski definition) is 0. The summed E-state index contributed by atoms with van der Waals surface area (Å²) in [5.74, 6) is 0.0347. The Balaban J connectivity index is 1.67. The van der Waals surface area contributed by atoms with Crippen molar-refractivity contribution >= 4 is 32.6 Å². The molecule has 5 heteroatoms. The van der Waals surface area contributed by atoms with Gasteiger partial charge in [0.2, 0.25) is 5.91 Å². The van der Waals surface area contributed by atoms with Crippen molar-refractivity contribution in [2.75, 3.05) is 4.90 Å². The average molecular weight is 402 g/mol. The first-order valence-electron chi connectivity index (χ1n) is 9.76. The highest BCUT2D eigenvalue weighted by Gasteiger charge is 2.21. The molecule has 0 atom stereocenters. The van der Waals surface area contributed by atoms with Gasteiger partial charge in [0.25, 0.3) is 0 Å². The van der Waals surface area contributed by atoms with Gasteiger partial charge in [-0.25, -0.2) is 4.98 Å². The highest BCUT2D eigenvalue weighted by Crippen LogP contribution is 2.31. The molecule has 0 aliphatic heterocycles. The molecule has 0 saturated heterocycles. The molecule has 2 aromatic carbocycles. The van der Waals surface area contributed by atoms with Crippen molar-refractivity contribution in [1.82, 2.24) is 9.97 Å². The Bertz CT molecular complexity index is 1120. The fraction of sp³-hybridized carbons (Fsp3) is 0.208. The lowest BCUT2D eigenvalue weighted by atomic mass is 10.1. The topological polar surface area (TPSA) is 46.1 Å². The van der Waals surface area contributed by atoms with Gasteiger partial charge in [-0.2, -0.15) is 0 Å². The molecule has 29 heavy (non-hydrogen) atoms. The molecule has 146 valence electrons. The normalized spacial score (nSPS) is 11.0. The van der Waals surface area contributed by atoms with Crippen LogP contribution >= 0.6 is 11.3 Å². The lowest BCUT2D eigenvalue weighted by Gasteiger charge is -2.20. The van der Waals surface area contributed by atoms with E-state index in [-0.39, 0.29) is 5.91 Å². The molecule has 4 aromatic rings. The van der Waals surface area contributed by atoms with E-state index in [1.807, 2.05) is 49.4 Å². The minimum absolute atomic E-state index is 0.0347. The predicted octanol–water partition coefficient (Wildman–Crippen LogP) is 5.34. The van der Waals surface area contributed by atoms with Crippen molar-refractivity contribution < 1.29 is 4.79 Å². The summed E-state index contributed by atoms with van der Waals surface area (Å²) >= 11 is 1.57. The van der Waals surface area contributed by atoms with Crippen molar-refractivity contribution in [2.24, 2.45) is 0 Å². The molecular weight excluding hydrogens is 378 g/mol. The number of thiazole rings is 1. The third-order valence-corrected chi connectivity index (χ3v) is 5.96.